The van der Waals surface area contributed by atoms with Gasteiger partial charge in [0.05, 0.1) is 17.4 Å². The Morgan fingerprint density at radius 3 is 2.50 bits per heavy atom. The van der Waals surface area contributed by atoms with Crippen molar-refractivity contribution in [3.63, 3.8) is 0 Å². The van der Waals surface area contributed by atoms with Crippen molar-refractivity contribution in [2.24, 2.45) is 0 Å². The molecule has 0 aliphatic carbocycles. The molecule has 0 saturated heterocycles. The van der Waals surface area contributed by atoms with Crippen LogP contribution in [-0.2, 0) is 27.9 Å². The first-order valence-corrected chi connectivity index (χ1v) is 10.2. The van der Waals surface area contributed by atoms with Crippen LogP contribution in [0.4, 0.5) is 5.69 Å². The molecule has 2 aromatic heterocycles. The summed E-state index contributed by atoms with van der Waals surface area (Å²) >= 11 is 1.51. The summed E-state index contributed by atoms with van der Waals surface area (Å²) in [7, 11) is -3.71. The quantitative estimate of drug-likeness (QED) is 0.667. The topological polar surface area (TPSA) is 79.6 Å². The molecule has 1 N–H and O–H groups in total. The second kappa shape index (κ2) is 7.86. The van der Waals surface area contributed by atoms with E-state index in [1.165, 1.54) is 47.2 Å². The monoisotopic (exact) mass is 390 g/mol. The zero-order valence-corrected chi connectivity index (χ0v) is 15.7. The molecular formula is C18H18N2O4S2. The molecule has 136 valence electrons. The fourth-order valence-corrected chi connectivity index (χ4v) is 4.66. The Hall–Kier alpha value is -2.42. The van der Waals surface area contributed by atoms with Crippen molar-refractivity contribution in [1.29, 1.82) is 0 Å². The molecular weight excluding hydrogens is 372 g/mol. The first kappa shape index (κ1) is 18.4. The minimum Gasteiger partial charge on any atom is -0.472 e. The molecule has 0 spiro atoms. The lowest BCUT2D eigenvalue weighted by Gasteiger charge is -2.21. The van der Waals surface area contributed by atoms with Gasteiger partial charge in [-0.3, -0.25) is 4.79 Å². The summed E-state index contributed by atoms with van der Waals surface area (Å²) in [4.78, 5) is 12.2. The highest BCUT2D eigenvalue weighted by Crippen LogP contribution is 2.24. The molecule has 0 unspecified atom stereocenters. The van der Waals surface area contributed by atoms with Gasteiger partial charge in [0.2, 0.25) is 15.9 Å². The highest BCUT2D eigenvalue weighted by molar-refractivity contribution is 7.89. The summed E-state index contributed by atoms with van der Waals surface area (Å²) in [6.07, 6.45) is 3.06. The van der Waals surface area contributed by atoms with Crippen LogP contribution in [0.5, 0.6) is 0 Å². The Labute approximate surface area is 156 Å². The lowest BCUT2D eigenvalue weighted by Crippen LogP contribution is -2.29. The van der Waals surface area contributed by atoms with Gasteiger partial charge >= 0.3 is 0 Å². The molecule has 2 heterocycles. The second-order valence-corrected chi connectivity index (χ2v) is 8.66. The van der Waals surface area contributed by atoms with E-state index in [0.29, 0.717) is 5.69 Å². The number of carbonyl (C=O) groups excluding carboxylic acids is 1. The van der Waals surface area contributed by atoms with Crippen LogP contribution in [0.1, 0.15) is 17.4 Å². The van der Waals surface area contributed by atoms with Gasteiger partial charge in [-0.2, -0.15) is 4.31 Å². The van der Waals surface area contributed by atoms with Crippen LogP contribution in [-0.4, -0.2) is 18.6 Å². The highest BCUT2D eigenvalue weighted by atomic mass is 32.2. The third-order valence-corrected chi connectivity index (χ3v) is 6.33. The zero-order valence-electron chi connectivity index (χ0n) is 14.1. The number of nitrogens with one attached hydrogen (secondary N) is 1. The van der Waals surface area contributed by atoms with Crippen molar-refractivity contribution in [2.75, 3.05) is 5.32 Å². The van der Waals surface area contributed by atoms with Gasteiger partial charge in [0.1, 0.15) is 0 Å². The van der Waals surface area contributed by atoms with E-state index in [0.717, 1.165) is 10.4 Å². The van der Waals surface area contributed by atoms with Crippen LogP contribution < -0.4 is 5.32 Å². The average Bonchev–Trinajstić information content (AvgIpc) is 3.28. The van der Waals surface area contributed by atoms with E-state index in [1.807, 2.05) is 17.5 Å². The lowest BCUT2D eigenvalue weighted by atomic mass is 10.3. The predicted octanol–water partition coefficient (Wildman–Crippen LogP) is 3.69. The number of thiophene rings is 1. The number of nitrogens with zero attached hydrogens (tertiary/aromatic N) is 1. The van der Waals surface area contributed by atoms with Crippen LogP contribution in [0.2, 0.25) is 0 Å². The van der Waals surface area contributed by atoms with Crippen molar-refractivity contribution >= 4 is 33.0 Å². The summed E-state index contributed by atoms with van der Waals surface area (Å²) in [5.41, 5.74) is 1.33. The Morgan fingerprint density at radius 2 is 1.92 bits per heavy atom. The molecule has 0 saturated carbocycles. The summed E-state index contributed by atoms with van der Waals surface area (Å²) in [6, 6.07) is 11.7. The van der Waals surface area contributed by atoms with Gasteiger partial charge in [-0.25, -0.2) is 8.42 Å². The number of benzene rings is 1. The predicted molar refractivity (Wildman–Crippen MR) is 100 cm³/mol. The van der Waals surface area contributed by atoms with E-state index in [4.69, 9.17) is 4.42 Å². The van der Waals surface area contributed by atoms with E-state index < -0.39 is 10.0 Å². The number of anilines is 1. The van der Waals surface area contributed by atoms with Crippen molar-refractivity contribution < 1.29 is 17.6 Å². The Bertz CT molecular complexity index is 911. The standard InChI is InChI=1S/C18H18N2O4S2/c1-14(21)19-16-4-6-18(7-5-16)26(22,23)20(11-15-8-9-24-13-15)12-17-3-2-10-25-17/h2-10,13H,11-12H2,1H3,(H,19,21). The number of hydrogen-bond acceptors (Lipinski definition) is 5. The zero-order chi connectivity index (χ0) is 18.6. The van der Waals surface area contributed by atoms with Gasteiger partial charge in [0, 0.05) is 36.1 Å². The summed E-state index contributed by atoms with van der Waals surface area (Å²) < 4.78 is 32.7. The molecule has 0 atom stereocenters. The fourth-order valence-electron chi connectivity index (χ4n) is 2.45. The maximum absolute atomic E-state index is 13.1. The molecule has 1 aromatic carbocycles. The van der Waals surface area contributed by atoms with Gasteiger partial charge in [-0.1, -0.05) is 6.07 Å². The molecule has 0 radical (unpaired) electrons. The van der Waals surface area contributed by atoms with E-state index in [9.17, 15) is 13.2 Å². The molecule has 0 aliphatic heterocycles. The third-order valence-electron chi connectivity index (χ3n) is 3.66. The first-order valence-electron chi connectivity index (χ1n) is 7.86. The normalized spacial score (nSPS) is 11.6. The Morgan fingerprint density at radius 1 is 1.15 bits per heavy atom. The van der Waals surface area contributed by atoms with E-state index in [1.54, 1.807) is 18.2 Å². The number of sulfonamides is 1. The molecule has 0 fully saturated rings. The van der Waals surface area contributed by atoms with Gasteiger partial charge < -0.3 is 9.73 Å². The smallest absolute Gasteiger partial charge is 0.243 e. The van der Waals surface area contributed by atoms with E-state index >= 15 is 0 Å². The van der Waals surface area contributed by atoms with E-state index in [2.05, 4.69) is 5.32 Å². The Balaban J connectivity index is 1.88. The van der Waals surface area contributed by atoms with Crippen LogP contribution in [0, 0.1) is 0 Å². The molecule has 0 bridgehead atoms. The number of hydrogen-bond donors (Lipinski definition) is 1. The summed E-state index contributed by atoms with van der Waals surface area (Å²) in [5, 5.41) is 4.54. The molecule has 26 heavy (non-hydrogen) atoms. The number of furan rings is 1. The number of rotatable bonds is 7. The maximum atomic E-state index is 13.1. The summed E-state index contributed by atoms with van der Waals surface area (Å²) in [5.74, 6) is -0.208. The van der Waals surface area contributed by atoms with E-state index in [-0.39, 0.29) is 23.9 Å². The second-order valence-electron chi connectivity index (χ2n) is 5.69. The van der Waals surface area contributed by atoms with Crippen molar-refractivity contribution in [3.05, 3.63) is 70.8 Å². The molecule has 0 aliphatic rings. The van der Waals surface area contributed by atoms with Crippen LogP contribution in [0.3, 0.4) is 0 Å². The molecule has 3 aromatic rings. The molecule has 8 heteroatoms. The van der Waals surface area contributed by atoms with Crippen LogP contribution in [0.25, 0.3) is 0 Å². The minimum atomic E-state index is -3.71. The lowest BCUT2D eigenvalue weighted by molar-refractivity contribution is -0.114. The number of amides is 1. The highest BCUT2D eigenvalue weighted by Gasteiger charge is 2.25. The van der Waals surface area contributed by atoms with Crippen molar-refractivity contribution in [2.45, 2.75) is 24.9 Å². The molecule has 6 nitrogen and oxygen atoms in total. The fraction of sp³-hybridized carbons (Fsp3) is 0.167. The largest absolute Gasteiger partial charge is 0.472 e. The van der Waals surface area contributed by atoms with Crippen molar-refractivity contribution in [1.82, 2.24) is 4.31 Å². The maximum Gasteiger partial charge on any atom is 0.243 e. The van der Waals surface area contributed by atoms with Gasteiger partial charge in [0.25, 0.3) is 0 Å². The van der Waals surface area contributed by atoms with Gasteiger partial charge in [-0.15, -0.1) is 11.3 Å². The minimum absolute atomic E-state index is 0.173. The molecule has 1 amide bonds. The third kappa shape index (κ3) is 4.40. The van der Waals surface area contributed by atoms with Crippen LogP contribution >= 0.6 is 11.3 Å². The average molecular weight is 390 g/mol. The molecule has 3 rings (SSSR count). The van der Waals surface area contributed by atoms with Gasteiger partial charge in [0.15, 0.2) is 0 Å². The first-order chi connectivity index (χ1) is 12.4. The number of carbonyl (C=O) groups is 1. The summed E-state index contributed by atoms with van der Waals surface area (Å²) in [6.45, 7) is 1.89. The Kier molecular flexibility index (Phi) is 5.55. The van der Waals surface area contributed by atoms with Gasteiger partial charge in [-0.05, 0) is 41.8 Å². The van der Waals surface area contributed by atoms with Crippen LogP contribution in [0.15, 0.2) is 69.7 Å². The van der Waals surface area contributed by atoms with Crippen molar-refractivity contribution in [3.8, 4) is 0 Å². The SMILES string of the molecule is CC(=O)Nc1ccc(S(=O)(=O)N(Cc2ccoc2)Cc2cccs2)cc1.